The number of benzene rings is 2. The van der Waals surface area contributed by atoms with Gasteiger partial charge in [0.05, 0.1) is 13.0 Å². The van der Waals surface area contributed by atoms with Crippen LogP contribution in [0.5, 0.6) is 0 Å². The number of hydrogen-bond acceptors (Lipinski definition) is 4. The molecule has 2 aromatic rings. The first-order valence-corrected chi connectivity index (χ1v) is 8.53. The van der Waals surface area contributed by atoms with E-state index in [1.54, 1.807) is 6.92 Å². The standard InChI is InChI=1S/C21H23NO4/c1-2-25-20(23)15-18-12-10-17(11-13-18)9-6-14-22-21(24)26-16-19-7-4-3-5-8-19/h3-13H,2,14-16H2,1H3,(H,22,24). The fourth-order valence-electron chi connectivity index (χ4n) is 2.24. The van der Waals surface area contributed by atoms with Gasteiger partial charge in [0, 0.05) is 6.54 Å². The van der Waals surface area contributed by atoms with Crippen LogP contribution in [-0.2, 0) is 27.3 Å². The van der Waals surface area contributed by atoms with Crippen molar-refractivity contribution in [2.24, 2.45) is 0 Å². The number of ether oxygens (including phenoxy) is 2. The molecule has 0 spiro atoms. The lowest BCUT2D eigenvalue weighted by Crippen LogP contribution is -2.24. The molecule has 136 valence electrons. The van der Waals surface area contributed by atoms with E-state index >= 15 is 0 Å². The number of carbonyl (C=O) groups excluding carboxylic acids is 2. The molecule has 0 radical (unpaired) electrons. The van der Waals surface area contributed by atoms with Crippen molar-refractivity contribution >= 4 is 18.1 Å². The van der Waals surface area contributed by atoms with Crippen molar-refractivity contribution in [2.75, 3.05) is 13.2 Å². The molecule has 0 aromatic heterocycles. The summed E-state index contributed by atoms with van der Waals surface area (Å²) in [6.07, 6.45) is 3.55. The molecule has 0 atom stereocenters. The molecule has 0 unspecified atom stereocenters. The minimum absolute atomic E-state index is 0.228. The van der Waals surface area contributed by atoms with Crippen LogP contribution in [-0.4, -0.2) is 25.2 Å². The lowest BCUT2D eigenvalue weighted by Gasteiger charge is -2.05. The van der Waals surface area contributed by atoms with Gasteiger partial charge in [-0.05, 0) is 23.6 Å². The van der Waals surface area contributed by atoms with E-state index in [4.69, 9.17) is 9.47 Å². The summed E-state index contributed by atoms with van der Waals surface area (Å²) in [4.78, 5) is 23.0. The predicted molar refractivity (Wildman–Crippen MR) is 100 cm³/mol. The average Bonchev–Trinajstić information content (AvgIpc) is 2.66. The first-order valence-electron chi connectivity index (χ1n) is 8.53. The largest absolute Gasteiger partial charge is 0.466 e. The molecule has 2 rings (SSSR count). The van der Waals surface area contributed by atoms with Gasteiger partial charge >= 0.3 is 12.1 Å². The summed E-state index contributed by atoms with van der Waals surface area (Å²) in [7, 11) is 0. The summed E-state index contributed by atoms with van der Waals surface area (Å²) >= 11 is 0. The summed E-state index contributed by atoms with van der Waals surface area (Å²) in [5.41, 5.74) is 2.83. The number of alkyl carbamates (subject to hydrolysis) is 1. The van der Waals surface area contributed by atoms with Crippen LogP contribution in [0.2, 0.25) is 0 Å². The highest BCUT2D eigenvalue weighted by Gasteiger charge is 2.03. The van der Waals surface area contributed by atoms with E-state index in [2.05, 4.69) is 5.32 Å². The fourth-order valence-corrected chi connectivity index (χ4v) is 2.24. The normalized spacial score (nSPS) is 10.5. The van der Waals surface area contributed by atoms with Crippen molar-refractivity contribution < 1.29 is 19.1 Å². The summed E-state index contributed by atoms with van der Waals surface area (Å²) < 4.78 is 10.0. The maximum atomic E-state index is 11.6. The number of carbonyl (C=O) groups is 2. The van der Waals surface area contributed by atoms with Gasteiger partial charge < -0.3 is 14.8 Å². The second-order valence-corrected chi connectivity index (χ2v) is 5.57. The van der Waals surface area contributed by atoms with E-state index in [0.29, 0.717) is 13.2 Å². The zero-order chi connectivity index (χ0) is 18.6. The highest BCUT2D eigenvalue weighted by atomic mass is 16.5. The van der Waals surface area contributed by atoms with Gasteiger partial charge in [0.1, 0.15) is 6.61 Å². The van der Waals surface area contributed by atoms with Crippen molar-refractivity contribution in [2.45, 2.75) is 20.0 Å². The Hall–Kier alpha value is -3.08. The van der Waals surface area contributed by atoms with Crippen molar-refractivity contribution in [3.63, 3.8) is 0 Å². The van der Waals surface area contributed by atoms with Gasteiger partial charge in [0.15, 0.2) is 0 Å². The van der Waals surface area contributed by atoms with Crippen molar-refractivity contribution in [3.05, 3.63) is 77.4 Å². The van der Waals surface area contributed by atoms with Crippen molar-refractivity contribution in [1.29, 1.82) is 0 Å². The van der Waals surface area contributed by atoms with Gasteiger partial charge in [-0.25, -0.2) is 4.79 Å². The molecule has 0 saturated carbocycles. The Kier molecular flexibility index (Phi) is 7.93. The van der Waals surface area contributed by atoms with Crippen LogP contribution in [0.4, 0.5) is 4.79 Å². The minimum atomic E-state index is -0.455. The lowest BCUT2D eigenvalue weighted by molar-refractivity contribution is -0.142. The Bertz CT molecular complexity index is 723. The number of amides is 1. The van der Waals surface area contributed by atoms with Crippen LogP contribution >= 0.6 is 0 Å². The molecule has 0 saturated heterocycles. The Morgan fingerprint density at radius 2 is 1.69 bits per heavy atom. The first-order chi connectivity index (χ1) is 12.7. The smallest absolute Gasteiger partial charge is 0.407 e. The number of nitrogens with one attached hydrogen (secondary N) is 1. The number of hydrogen-bond donors (Lipinski definition) is 1. The van der Waals surface area contributed by atoms with Gasteiger partial charge in [-0.2, -0.15) is 0 Å². The monoisotopic (exact) mass is 353 g/mol. The predicted octanol–water partition coefficient (Wildman–Crippen LogP) is 3.73. The zero-order valence-electron chi connectivity index (χ0n) is 14.8. The number of rotatable bonds is 8. The fraction of sp³-hybridized carbons (Fsp3) is 0.238. The molecule has 0 aliphatic heterocycles. The van der Waals surface area contributed by atoms with Gasteiger partial charge in [-0.15, -0.1) is 0 Å². The molecular weight excluding hydrogens is 330 g/mol. The third-order valence-corrected chi connectivity index (χ3v) is 3.52. The zero-order valence-corrected chi connectivity index (χ0v) is 14.8. The summed E-state index contributed by atoms with van der Waals surface area (Å²) in [5, 5.41) is 2.67. The number of esters is 1. The highest BCUT2D eigenvalue weighted by molar-refractivity contribution is 5.72. The summed E-state index contributed by atoms with van der Waals surface area (Å²) in [6.45, 7) is 2.80. The molecule has 1 amide bonds. The van der Waals surface area contributed by atoms with Crippen molar-refractivity contribution in [1.82, 2.24) is 5.32 Å². The van der Waals surface area contributed by atoms with Gasteiger partial charge in [0.2, 0.25) is 0 Å². The lowest BCUT2D eigenvalue weighted by atomic mass is 10.1. The Morgan fingerprint density at radius 3 is 2.38 bits per heavy atom. The molecule has 0 heterocycles. The van der Waals surface area contributed by atoms with Crippen LogP contribution in [0, 0.1) is 0 Å². The van der Waals surface area contributed by atoms with E-state index < -0.39 is 6.09 Å². The quantitative estimate of drug-likeness (QED) is 0.735. The van der Waals surface area contributed by atoms with Crippen LogP contribution in [0.3, 0.4) is 0 Å². The first kappa shape index (κ1) is 19.2. The van der Waals surface area contributed by atoms with E-state index in [-0.39, 0.29) is 19.0 Å². The second-order valence-electron chi connectivity index (χ2n) is 5.57. The molecule has 2 aromatic carbocycles. The van der Waals surface area contributed by atoms with Crippen LogP contribution in [0.15, 0.2) is 60.7 Å². The Morgan fingerprint density at radius 1 is 0.962 bits per heavy atom. The van der Waals surface area contributed by atoms with E-state index in [1.807, 2.05) is 66.7 Å². The third-order valence-electron chi connectivity index (χ3n) is 3.52. The molecule has 0 bridgehead atoms. The van der Waals surface area contributed by atoms with Crippen LogP contribution < -0.4 is 5.32 Å². The Balaban J connectivity index is 1.69. The maximum Gasteiger partial charge on any atom is 0.407 e. The van der Waals surface area contributed by atoms with Crippen molar-refractivity contribution in [3.8, 4) is 0 Å². The molecule has 1 N–H and O–H groups in total. The average molecular weight is 353 g/mol. The molecule has 5 nitrogen and oxygen atoms in total. The Labute approximate surface area is 153 Å². The van der Waals surface area contributed by atoms with Crippen LogP contribution in [0.1, 0.15) is 23.6 Å². The summed E-state index contributed by atoms with van der Waals surface area (Å²) in [5.74, 6) is -0.228. The van der Waals surface area contributed by atoms with Gasteiger partial charge in [-0.1, -0.05) is 66.7 Å². The van der Waals surface area contributed by atoms with Crippen LogP contribution in [0.25, 0.3) is 6.08 Å². The molecular formula is C21H23NO4. The minimum Gasteiger partial charge on any atom is -0.466 e. The maximum absolute atomic E-state index is 11.6. The summed E-state index contributed by atoms with van der Waals surface area (Å²) in [6, 6.07) is 17.1. The highest BCUT2D eigenvalue weighted by Crippen LogP contribution is 2.07. The topological polar surface area (TPSA) is 64.6 Å². The molecule has 0 fully saturated rings. The third kappa shape index (κ3) is 7.21. The van der Waals surface area contributed by atoms with Gasteiger partial charge in [0.25, 0.3) is 0 Å². The van der Waals surface area contributed by atoms with E-state index in [1.165, 1.54) is 0 Å². The van der Waals surface area contributed by atoms with E-state index in [9.17, 15) is 9.59 Å². The SMILES string of the molecule is CCOC(=O)Cc1ccc(C=CCNC(=O)OCc2ccccc2)cc1. The molecule has 5 heteroatoms. The second kappa shape index (κ2) is 10.7. The molecule has 0 aliphatic rings. The van der Waals surface area contributed by atoms with Gasteiger partial charge in [-0.3, -0.25) is 4.79 Å². The molecule has 26 heavy (non-hydrogen) atoms. The molecule has 0 aliphatic carbocycles. The van der Waals surface area contributed by atoms with E-state index in [0.717, 1.165) is 16.7 Å².